The third-order valence-electron chi connectivity index (χ3n) is 3.36. The van der Waals surface area contributed by atoms with E-state index in [-0.39, 0.29) is 23.6 Å². The van der Waals surface area contributed by atoms with Crippen LogP contribution in [0.1, 0.15) is 19.8 Å². The van der Waals surface area contributed by atoms with Crippen LogP contribution in [0.15, 0.2) is 23.1 Å². The van der Waals surface area contributed by atoms with E-state index >= 15 is 0 Å². The van der Waals surface area contributed by atoms with Gasteiger partial charge in [0.25, 0.3) is 0 Å². The van der Waals surface area contributed by atoms with Crippen molar-refractivity contribution in [1.29, 1.82) is 0 Å². The molecule has 0 spiro atoms. The minimum atomic E-state index is -3.88. The van der Waals surface area contributed by atoms with Crippen molar-refractivity contribution < 1.29 is 17.5 Å². The average Bonchev–Trinajstić information content (AvgIpc) is 2.40. The number of ether oxygens (including phenoxy) is 1. The van der Waals surface area contributed by atoms with Gasteiger partial charge in [0.05, 0.1) is 11.1 Å². The van der Waals surface area contributed by atoms with Gasteiger partial charge >= 0.3 is 0 Å². The Morgan fingerprint density at radius 3 is 2.95 bits per heavy atom. The second kappa shape index (κ2) is 6.39. The van der Waals surface area contributed by atoms with E-state index in [0.29, 0.717) is 6.61 Å². The number of benzene rings is 1. The Morgan fingerprint density at radius 2 is 2.25 bits per heavy atom. The molecule has 2 rings (SSSR count). The largest absolute Gasteiger partial charge is 0.378 e. The molecule has 1 heterocycles. The van der Waals surface area contributed by atoms with Gasteiger partial charge in [-0.1, -0.05) is 17.7 Å². The molecule has 0 aliphatic carbocycles. The number of sulfonamides is 1. The lowest BCUT2D eigenvalue weighted by Crippen LogP contribution is -2.34. The van der Waals surface area contributed by atoms with Crippen LogP contribution >= 0.6 is 11.6 Å². The topological polar surface area (TPSA) is 55.4 Å². The summed E-state index contributed by atoms with van der Waals surface area (Å²) in [5, 5.41) is -0.201. The average molecular weight is 322 g/mol. The van der Waals surface area contributed by atoms with Crippen LogP contribution in [0.3, 0.4) is 0 Å². The van der Waals surface area contributed by atoms with Gasteiger partial charge in [-0.15, -0.1) is 0 Å². The molecule has 1 saturated heterocycles. The highest BCUT2D eigenvalue weighted by atomic mass is 35.5. The third kappa shape index (κ3) is 3.69. The van der Waals surface area contributed by atoms with Gasteiger partial charge in [-0.3, -0.25) is 0 Å². The van der Waals surface area contributed by atoms with E-state index in [4.69, 9.17) is 16.3 Å². The van der Waals surface area contributed by atoms with Gasteiger partial charge < -0.3 is 4.74 Å². The summed E-state index contributed by atoms with van der Waals surface area (Å²) in [6.07, 6.45) is 1.71. The van der Waals surface area contributed by atoms with Gasteiger partial charge in [-0.25, -0.2) is 17.5 Å². The lowest BCUT2D eigenvalue weighted by Gasteiger charge is -2.27. The third-order valence-corrected chi connectivity index (χ3v) is 5.09. The first-order chi connectivity index (χ1) is 9.40. The number of hydrogen-bond donors (Lipinski definition) is 1. The first-order valence-corrected chi connectivity index (χ1v) is 8.31. The van der Waals surface area contributed by atoms with Crippen molar-refractivity contribution in [2.45, 2.75) is 30.8 Å². The summed E-state index contributed by atoms with van der Waals surface area (Å²) in [5.74, 6) is -0.710. The molecule has 4 nitrogen and oxygen atoms in total. The lowest BCUT2D eigenvalue weighted by atomic mass is 9.97. The molecule has 2 atom stereocenters. The predicted molar refractivity (Wildman–Crippen MR) is 74.7 cm³/mol. The second-order valence-electron chi connectivity index (χ2n) is 4.98. The van der Waals surface area contributed by atoms with E-state index in [9.17, 15) is 12.8 Å². The molecule has 0 unspecified atom stereocenters. The van der Waals surface area contributed by atoms with E-state index in [2.05, 4.69) is 4.72 Å². The number of rotatable bonds is 4. The summed E-state index contributed by atoms with van der Waals surface area (Å²) < 4.78 is 45.8. The Labute approximate surface area is 123 Å². The maximum Gasteiger partial charge on any atom is 0.243 e. The van der Waals surface area contributed by atoms with E-state index in [1.807, 2.05) is 6.92 Å². The Morgan fingerprint density at radius 1 is 1.50 bits per heavy atom. The normalized spacial score (nSPS) is 23.8. The monoisotopic (exact) mass is 321 g/mol. The van der Waals surface area contributed by atoms with Crippen molar-refractivity contribution in [1.82, 2.24) is 4.72 Å². The maximum absolute atomic E-state index is 13.8. The van der Waals surface area contributed by atoms with E-state index in [0.717, 1.165) is 12.8 Å². The number of hydrogen-bond acceptors (Lipinski definition) is 3. The first kappa shape index (κ1) is 15.7. The van der Waals surface area contributed by atoms with Crippen molar-refractivity contribution in [2.75, 3.05) is 13.2 Å². The zero-order valence-corrected chi connectivity index (χ0v) is 12.7. The minimum absolute atomic E-state index is 0.126. The fourth-order valence-corrected chi connectivity index (χ4v) is 3.72. The summed E-state index contributed by atoms with van der Waals surface area (Å²) in [6, 6.07) is 3.93. The molecule has 7 heteroatoms. The second-order valence-corrected chi connectivity index (χ2v) is 7.12. The molecule has 20 heavy (non-hydrogen) atoms. The van der Waals surface area contributed by atoms with Crippen molar-refractivity contribution in [3.8, 4) is 0 Å². The molecule has 1 aromatic carbocycles. The SMILES string of the molecule is C[C@H]1C[C@H](CNS(=O)(=O)c2cccc(Cl)c2F)CCO1. The molecular formula is C13H17ClFNO3S. The Bertz CT molecular complexity index is 579. The maximum atomic E-state index is 13.8. The number of halogens is 2. The first-order valence-electron chi connectivity index (χ1n) is 6.45. The highest BCUT2D eigenvalue weighted by Gasteiger charge is 2.24. The van der Waals surface area contributed by atoms with E-state index in [1.54, 1.807) is 0 Å². The van der Waals surface area contributed by atoms with Crippen LogP contribution in [0.25, 0.3) is 0 Å². The van der Waals surface area contributed by atoms with E-state index < -0.39 is 20.7 Å². The highest BCUT2D eigenvalue weighted by molar-refractivity contribution is 7.89. The van der Waals surface area contributed by atoms with Gasteiger partial charge in [0.2, 0.25) is 10.0 Å². The summed E-state index contributed by atoms with van der Waals surface area (Å²) in [5.41, 5.74) is 0. The van der Waals surface area contributed by atoms with Gasteiger partial charge in [-0.05, 0) is 37.8 Å². The minimum Gasteiger partial charge on any atom is -0.378 e. The van der Waals surface area contributed by atoms with Crippen LogP contribution in [-0.4, -0.2) is 27.7 Å². The van der Waals surface area contributed by atoms with Crippen LogP contribution in [0.2, 0.25) is 5.02 Å². The van der Waals surface area contributed by atoms with Crippen molar-refractivity contribution >= 4 is 21.6 Å². The Kier molecular flexibility index (Phi) is 5.01. The summed E-state index contributed by atoms with van der Waals surface area (Å²) in [7, 11) is -3.88. The zero-order chi connectivity index (χ0) is 14.8. The lowest BCUT2D eigenvalue weighted by molar-refractivity contribution is 0.00397. The van der Waals surface area contributed by atoms with Gasteiger partial charge in [0.15, 0.2) is 5.82 Å². The summed E-state index contributed by atoms with van der Waals surface area (Å²) in [4.78, 5) is -0.412. The quantitative estimate of drug-likeness (QED) is 0.927. The molecule has 1 aliphatic heterocycles. The molecule has 0 saturated carbocycles. The molecule has 1 aliphatic rings. The van der Waals surface area contributed by atoms with Crippen molar-refractivity contribution in [3.05, 3.63) is 29.0 Å². The zero-order valence-electron chi connectivity index (χ0n) is 11.1. The smallest absolute Gasteiger partial charge is 0.243 e. The molecule has 0 aromatic heterocycles. The molecule has 112 valence electrons. The standard InChI is InChI=1S/C13H17ClFNO3S/c1-9-7-10(5-6-19-9)8-16-20(17,18)12-4-2-3-11(14)13(12)15/h2-4,9-10,16H,5-8H2,1H3/t9-,10+/m0/s1. The van der Waals surface area contributed by atoms with Crippen molar-refractivity contribution in [2.24, 2.45) is 5.92 Å². The van der Waals surface area contributed by atoms with Gasteiger partial charge in [0, 0.05) is 13.2 Å². The molecule has 0 bridgehead atoms. The highest BCUT2D eigenvalue weighted by Crippen LogP contribution is 2.23. The fourth-order valence-electron chi connectivity index (χ4n) is 2.27. The van der Waals surface area contributed by atoms with Gasteiger partial charge in [0.1, 0.15) is 4.90 Å². The van der Waals surface area contributed by atoms with Crippen LogP contribution in [-0.2, 0) is 14.8 Å². The Balaban J connectivity index is 2.06. The van der Waals surface area contributed by atoms with Crippen LogP contribution in [0.4, 0.5) is 4.39 Å². The molecular weight excluding hydrogens is 305 g/mol. The van der Waals surface area contributed by atoms with Crippen LogP contribution in [0, 0.1) is 11.7 Å². The summed E-state index contributed by atoms with van der Waals surface area (Å²) in [6.45, 7) is 2.86. The predicted octanol–water partition coefficient (Wildman–Crippen LogP) is 2.57. The summed E-state index contributed by atoms with van der Waals surface area (Å²) >= 11 is 5.60. The van der Waals surface area contributed by atoms with Crippen molar-refractivity contribution in [3.63, 3.8) is 0 Å². The van der Waals surface area contributed by atoms with Crippen LogP contribution < -0.4 is 4.72 Å². The molecule has 1 aromatic rings. The van der Waals surface area contributed by atoms with Crippen LogP contribution in [0.5, 0.6) is 0 Å². The number of nitrogens with one attached hydrogen (secondary N) is 1. The fraction of sp³-hybridized carbons (Fsp3) is 0.538. The molecule has 1 N–H and O–H groups in total. The molecule has 0 amide bonds. The van der Waals surface area contributed by atoms with E-state index in [1.165, 1.54) is 18.2 Å². The van der Waals surface area contributed by atoms with Gasteiger partial charge in [-0.2, -0.15) is 0 Å². The Hall–Kier alpha value is -0.690. The molecule has 0 radical (unpaired) electrons. The molecule has 1 fully saturated rings.